The van der Waals surface area contributed by atoms with Gasteiger partial charge in [-0.2, -0.15) is 0 Å². The average Bonchev–Trinajstić information content (AvgIpc) is 2.37. The third kappa shape index (κ3) is 1.44. The van der Waals surface area contributed by atoms with Crippen LogP contribution in [0.2, 0.25) is 0 Å². The van der Waals surface area contributed by atoms with E-state index < -0.39 is 14.9 Å². The van der Waals surface area contributed by atoms with Gasteiger partial charge in [-0.05, 0) is 11.6 Å². The Labute approximate surface area is 86.3 Å². The van der Waals surface area contributed by atoms with Gasteiger partial charge in [-0.25, -0.2) is 8.42 Å². The van der Waals surface area contributed by atoms with Crippen LogP contribution in [0, 0.1) is 10.1 Å². The van der Waals surface area contributed by atoms with Crippen LogP contribution in [0.1, 0.15) is 5.56 Å². The van der Waals surface area contributed by atoms with Crippen molar-refractivity contribution in [2.45, 2.75) is 5.75 Å². The predicted molar refractivity (Wildman–Crippen MR) is 54.1 cm³/mol. The van der Waals surface area contributed by atoms with Gasteiger partial charge in [0.05, 0.1) is 16.4 Å². The van der Waals surface area contributed by atoms with Gasteiger partial charge in [0.1, 0.15) is 0 Å². The van der Waals surface area contributed by atoms with Crippen molar-refractivity contribution in [3.8, 4) is 0 Å². The lowest BCUT2D eigenvalue weighted by molar-refractivity contribution is -0.384. The number of nitro benzene ring substituents is 1. The zero-order chi connectivity index (χ0) is 11.2. The van der Waals surface area contributed by atoms with Gasteiger partial charge in [0.15, 0.2) is 0 Å². The third-order valence-corrected chi connectivity index (χ3v) is 4.08. The maximum Gasteiger partial charge on any atom is 0.271 e. The molecule has 0 fully saturated rings. The Morgan fingerprint density at radius 2 is 2.13 bits per heavy atom. The molecule has 1 aromatic rings. The zero-order valence-electron chi connectivity index (χ0n) is 7.87. The molecule has 0 unspecified atom stereocenters. The zero-order valence-corrected chi connectivity index (χ0v) is 8.69. The summed E-state index contributed by atoms with van der Waals surface area (Å²) in [6.07, 6.45) is 0. The summed E-state index contributed by atoms with van der Waals surface area (Å²) in [5, 5.41) is 10.5. The van der Waals surface area contributed by atoms with E-state index in [0.717, 1.165) is 4.31 Å². The third-order valence-electron chi connectivity index (χ3n) is 2.37. The fraction of sp³-hybridized carbons (Fsp3) is 0.250. The lowest BCUT2D eigenvalue weighted by Crippen LogP contribution is -2.20. The van der Waals surface area contributed by atoms with Crippen LogP contribution in [-0.2, 0) is 15.8 Å². The quantitative estimate of drug-likeness (QED) is 0.527. The standard InChI is InChI=1S/C8H8N2O4S/c1-9-8-4-7(10(11)12)3-2-6(8)5-15(9,13)14/h2-4H,5H2,1H3. The van der Waals surface area contributed by atoms with E-state index in [0.29, 0.717) is 11.3 Å². The van der Waals surface area contributed by atoms with E-state index in [2.05, 4.69) is 0 Å². The lowest BCUT2D eigenvalue weighted by atomic mass is 10.2. The van der Waals surface area contributed by atoms with Gasteiger partial charge < -0.3 is 0 Å². The van der Waals surface area contributed by atoms with Crippen LogP contribution in [0.15, 0.2) is 18.2 Å². The minimum Gasteiger partial charge on any atom is -0.272 e. The summed E-state index contributed by atoms with van der Waals surface area (Å²) >= 11 is 0. The Morgan fingerprint density at radius 3 is 2.73 bits per heavy atom. The van der Waals surface area contributed by atoms with Crippen molar-refractivity contribution in [3.63, 3.8) is 0 Å². The molecule has 7 heteroatoms. The Bertz CT molecular complexity index is 538. The van der Waals surface area contributed by atoms with E-state index in [4.69, 9.17) is 0 Å². The number of nitrogens with zero attached hydrogens (tertiary/aromatic N) is 2. The molecule has 0 amide bonds. The minimum atomic E-state index is -3.32. The summed E-state index contributed by atoms with van der Waals surface area (Å²) in [5.74, 6) is -0.0865. The highest BCUT2D eigenvalue weighted by Crippen LogP contribution is 2.34. The molecule has 1 heterocycles. The number of nitro groups is 1. The highest BCUT2D eigenvalue weighted by atomic mass is 32.2. The molecule has 6 nitrogen and oxygen atoms in total. The number of non-ortho nitro benzene ring substituents is 1. The van der Waals surface area contributed by atoms with Gasteiger partial charge in [0.2, 0.25) is 10.0 Å². The number of anilines is 1. The molecule has 15 heavy (non-hydrogen) atoms. The molecule has 1 aliphatic rings. The topological polar surface area (TPSA) is 80.5 Å². The summed E-state index contributed by atoms with van der Waals surface area (Å²) in [6.45, 7) is 0. The second-order valence-corrected chi connectivity index (χ2v) is 5.29. The van der Waals surface area contributed by atoms with Gasteiger partial charge in [0.25, 0.3) is 5.69 Å². The molecule has 0 spiro atoms. The number of hydrogen-bond acceptors (Lipinski definition) is 4. The van der Waals surface area contributed by atoms with Crippen molar-refractivity contribution in [1.82, 2.24) is 0 Å². The summed E-state index contributed by atoms with van der Waals surface area (Å²) in [6, 6.07) is 4.07. The van der Waals surface area contributed by atoms with Crippen molar-refractivity contribution in [2.24, 2.45) is 0 Å². The number of rotatable bonds is 1. The second-order valence-electron chi connectivity index (χ2n) is 3.29. The molecule has 0 aliphatic carbocycles. The molecule has 0 saturated carbocycles. The summed E-state index contributed by atoms with van der Waals surface area (Å²) in [5.41, 5.74) is 0.894. The molecule has 0 atom stereocenters. The smallest absolute Gasteiger partial charge is 0.271 e. The first kappa shape index (κ1) is 9.91. The summed E-state index contributed by atoms with van der Waals surface area (Å²) in [7, 11) is -1.92. The fourth-order valence-corrected chi connectivity index (χ4v) is 2.82. The minimum absolute atomic E-state index is 0.0865. The monoisotopic (exact) mass is 228 g/mol. The molecule has 0 radical (unpaired) electrons. The van der Waals surface area contributed by atoms with Crippen molar-refractivity contribution >= 4 is 21.4 Å². The molecule has 0 aromatic heterocycles. The molecule has 1 aromatic carbocycles. The number of benzene rings is 1. The molecule has 0 bridgehead atoms. The van der Waals surface area contributed by atoms with Gasteiger partial charge in [-0.15, -0.1) is 0 Å². The maximum absolute atomic E-state index is 11.5. The van der Waals surface area contributed by atoms with Crippen LogP contribution in [-0.4, -0.2) is 20.4 Å². The van der Waals surface area contributed by atoms with E-state index in [-0.39, 0.29) is 11.4 Å². The number of hydrogen-bond donors (Lipinski definition) is 0. The summed E-state index contributed by atoms with van der Waals surface area (Å²) < 4.78 is 24.0. The van der Waals surface area contributed by atoms with E-state index in [1.54, 1.807) is 0 Å². The Hall–Kier alpha value is -1.63. The highest BCUT2D eigenvalue weighted by molar-refractivity contribution is 7.92. The van der Waals surface area contributed by atoms with E-state index in [1.807, 2.05) is 0 Å². The lowest BCUT2D eigenvalue weighted by Gasteiger charge is -2.10. The first-order valence-electron chi connectivity index (χ1n) is 4.16. The van der Waals surface area contributed by atoms with E-state index in [1.165, 1.54) is 25.2 Å². The molecule has 2 rings (SSSR count). The molecule has 1 aliphatic heterocycles. The Balaban J connectivity index is 2.58. The van der Waals surface area contributed by atoms with Crippen LogP contribution in [0.4, 0.5) is 11.4 Å². The van der Waals surface area contributed by atoms with E-state index >= 15 is 0 Å². The molecule has 0 N–H and O–H groups in total. The van der Waals surface area contributed by atoms with Crippen LogP contribution >= 0.6 is 0 Å². The van der Waals surface area contributed by atoms with Crippen LogP contribution in [0.3, 0.4) is 0 Å². The van der Waals surface area contributed by atoms with Crippen LogP contribution in [0.5, 0.6) is 0 Å². The molecule has 0 saturated heterocycles. The van der Waals surface area contributed by atoms with Gasteiger partial charge in [0, 0.05) is 19.2 Å². The van der Waals surface area contributed by atoms with Gasteiger partial charge in [-0.3, -0.25) is 14.4 Å². The number of sulfonamides is 1. The fourth-order valence-electron chi connectivity index (χ4n) is 1.52. The predicted octanol–water partition coefficient (Wildman–Crippen LogP) is 0.874. The molecular weight excluding hydrogens is 220 g/mol. The molecule has 80 valence electrons. The van der Waals surface area contributed by atoms with Gasteiger partial charge >= 0.3 is 0 Å². The highest BCUT2D eigenvalue weighted by Gasteiger charge is 2.31. The van der Waals surface area contributed by atoms with Crippen molar-refractivity contribution in [1.29, 1.82) is 0 Å². The molecular formula is C8H8N2O4S. The largest absolute Gasteiger partial charge is 0.272 e. The van der Waals surface area contributed by atoms with Crippen molar-refractivity contribution in [2.75, 3.05) is 11.4 Å². The first-order valence-corrected chi connectivity index (χ1v) is 5.76. The van der Waals surface area contributed by atoms with Crippen LogP contribution in [0.25, 0.3) is 0 Å². The normalized spacial score (nSPS) is 17.5. The van der Waals surface area contributed by atoms with Crippen molar-refractivity contribution < 1.29 is 13.3 Å². The maximum atomic E-state index is 11.5. The Morgan fingerprint density at radius 1 is 1.47 bits per heavy atom. The Kier molecular flexibility index (Phi) is 1.93. The van der Waals surface area contributed by atoms with Crippen molar-refractivity contribution in [3.05, 3.63) is 33.9 Å². The SMILES string of the molecule is CN1c2cc([N+](=O)[O-])ccc2CS1(=O)=O. The summed E-state index contributed by atoms with van der Waals surface area (Å²) in [4.78, 5) is 9.96. The average molecular weight is 228 g/mol. The second kappa shape index (κ2) is 2.93. The first-order chi connectivity index (χ1) is 6.92. The van der Waals surface area contributed by atoms with Crippen LogP contribution < -0.4 is 4.31 Å². The van der Waals surface area contributed by atoms with Gasteiger partial charge in [-0.1, -0.05) is 0 Å². The van der Waals surface area contributed by atoms with E-state index in [9.17, 15) is 18.5 Å². The number of fused-ring (bicyclic) bond motifs is 1.